The normalized spacial score (nSPS) is 36.1. The number of hydrogen-bond donors (Lipinski definition) is 1. The minimum atomic E-state index is -0.721. The van der Waals surface area contributed by atoms with Crippen LogP contribution in [-0.4, -0.2) is 48.3 Å². The molecule has 2 rings (SSSR count). The van der Waals surface area contributed by atoms with Gasteiger partial charge in [0.05, 0.1) is 13.2 Å². The van der Waals surface area contributed by atoms with Crippen molar-refractivity contribution in [1.29, 1.82) is 0 Å². The molecule has 74 valence electrons. The summed E-state index contributed by atoms with van der Waals surface area (Å²) in [5.41, 5.74) is 0. The van der Waals surface area contributed by atoms with Gasteiger partial charge in [-0.2, -0.15) is 0 Å². The number of hydrogen-bond acceptors (Lipinski definition) is 3. The number of carboxylic acids is 1. The van der Waals surface area contributed by atoms with Crippen LogP contribution in [0.25, 0.3) is 0 Å². The van der Waals surface area contributed by atoms with E-state index in [2.05, 4.69) is 0 Å². The zero-order valence-electron chi connectivity index (χ0n) is 7.77. The molecule has 2 aliphatic heterocycles. The molecule has 2 saturated heterocycles. The Labute approximate surface area is 77.5 Å². The van der Waals surface area contributed by atoms with Crippen LogP contribution in [0.5, 0.6) is 0 Å². The second-order valence-electron chi connectivity index (χ2n) is 4.03. The minimum Gasteiger partial charge on any atom is -0.480 e. The van der Waals surface area contributed by atoms with Gasteiger partial charge in [-0.1, -0.05) is 0 Å². The van der Waals surface area contributed by atoms with E-state index in [-0.39, 0.29) is 6.04 Å². The molecule has 0 unspecified atom stereocenters. The highest BCUT2D eigenvalue weighted by atomic mass is 16.5. The van der Waals surface area contributed by atoms with Crippen molar-refractivity contribution in [3.8, 4) is 0 Å². The van der Waals surface area contributed by atoms with E-state index in [1.54, 1.807) is 6.92 Å². The molecule has 0 saturated carbocycles. The number of nitrogens with zero attached hydrogens (tertiary/aromatic N) is 1. The molecule has 3 atom stereocenters. The molecule has 2 heterocycles. The van der Waals surface area contributed by atoms with Crippen LogP contribution < -0.4 is 0 Å². The van der Waals surface area contributed by atoms with Crippen LogP contribution in [0.2, 0.25) is 0 Å². The second-order valence-corrected chi connectivity index (χ2v) is 4.03. The van der Waals surface area contributed by atoms with E-state index in [4.69, 9.17) is 9.84 Å². The van der Waals surface area contributed by atoms with E-state index in [9.17, 15) is 4.79 Å². The van der Waals surface area contributed by atoms with E-state index in [0.29, 0.717) is 11.8 Å². The molecular weight excluding hydrogens is 170 g/mol. The lowest BCUT2D eigenvalue weighted by atomic mass is 10.0. The molecule has 4 heteroatoms. The average Bonchev–Trinajstić information content (AvgIpc) is 2.59. The van der Waals surface area contributed by atoms with Crippen LogP contribution in [0.4, 0.5) is 0 Å². The third-order valence-corrected chi connectivity index (χ3v) is 3.17. The third-order valence-electron chi connectivity index (χ3n) is 3.17. The quantitative estimate of drug-likeness (QED) is 0.659. The molecule has 0 aromatic heterocycles. The zero-order chi connectivity index (χ0) is 9.42. The summed E-state index contributed by atoms with van der Waals surface area (Å²) in [6, 6.07) is -0.342. The maximum atomic E-state index is 10.7. The van der Waals surface area contributed by atoms with Crippen LogP contribution in [-0.2, 0) is 9.53 Å². The van der Waals surface area contributed by atoms with Gasteiger partial charge in [-0.3, -0.25) is 9.69 Å². The second kappa shape index (κ2) is 3.27. The molecule has 0 amide bonds. The molecule has 2 aliphatic rings. The fraction of sp³-hybridized carbons (Fsp3) is 0.889. The average molecular weight is 185 g/mol. The van der Waals surface area contributed by atoms with Crippen molar-refractivity contribution in [1.82, 2.24) is 4.90 Å². The Bertz CT molecular complexity index is 207. The van der Waals surface area contributed by atoms with Crippen molar-refractivity contribution in [2.75, 3.05) is 26.3 Å². The molecular formula is C9H15NO3. The lowest BCUT2D eigenvalue weighted by molar-refractivity contribution is -0.142. The Morgan fingerprint density at radius 1 is 1.46 bits per heavy atom. The molecule has 0 aromatic carbocycles. The Hall–Kier alpha value is -0.610. The van der Waals surface area contributed by atoms with Crippen molar-refractivity contribution in [3.63, 3.8) is 0 Å². The monoisotopic (exact) mass is 185 g/mol. The molecule has 0 aliphatic carbocycles. The van der Waals surface area contributed by atoms with Crippen LogP contribution in [0.15, 0.2) is 0 Å². The van der Waals surface area contributed by atoms with Gasteiger partial charge in [-0.05, 0) is 6.92 Å². The largest absolute Gasteiger partial charge is 0.480 e. The minimum absolute atomic E-state index is 0.342. The highest BCUT2D eigenvalue weighted by molar-refractivity contribution is 5.72. The van der Waals surface area contributed by atoms with Crippen LogP contribution in [0.3, 0.4) is 0 Å². The maximum absolute atomic E-state index is 10.7. The van der Waals surface area contributed by atoms with Crippen molar-refractivity contribution in [3.05, 3.63) is 0 Å². The summed E-state index contributed by atoms with van der Waals surface area (Å²) >= 11 is 0. The fourth-order valence-electron chi connectivity index (χ4n) is 2.20. The topological polar surface area (TPSA) is 49.8 Å². The van der Waals surface area contributed by atoms with E-state index < -0.39 is 5.97 Å². The van der Waals surface area contributed by atoms with Gasteiger partial charge in [0.25, 0.3) is 0 Å². The predicted molar refractivity (Wildman–Crippen MR) is 46.5 cm³/mol. The number of carboxylic acid groups (broad SMARTS) is 1. The standard InChI is InChI=1S/C9H15NO3/c1-6(9(11)12)10-2-7-4-13-5-8(7)3-10/h6-8H,2-5H2,1H3,(H,11,12)/t6-,7-,8+/m0/s1. The summed E-state index contributed by atoms with van der Waals surface area (Å²) in [6.45, 7) is 5.15. The fourth-order valence-corrected chi connectivity index (χ4v) is 2.20. The lowest BCUT2D eigenvalue weighted by Crippen LogP contribution is -2.38. The van der Waals surface area contributed by atoms with Crippen molar-refractivity contribution < 1.29 is 14.6 Å². The van der Waals surface area contributed by atoms with Gasteiger partial charge in [-0.15, -0.1) is 0 Å². The van der Waals surface area contributed by atoms with Gasteiger partial charge in [-0.25, -0.2) is 0 Å². The van der Waals surface area contributed by atoms with E-state index in [1.807, 2.05) is 4.90 Å². The molecule has 1 N–H and O–H groups in total. The van der Waals surface area contributed by atoms with Crippen LogP contribution in [0.1, 0.15) is 6.92 Å². The summed E-state index contributed by atoms with van der Waals surface area (Å²) in [4.78, 5) is 12.8. The summed E-state index contributed by atoms with van der Waals surface area (Å²) in [6.07, 6.45) is 0. The van der Waals surface area contributed by atoms with Crippen molar-refractivity contribution in [2.24, 2.45) is 11.8 Å². The first-order chi connectivity index (χ1) is 6.18. The summed E-state index contributed by atoms with van der Waals surface area (Å²) in [7, 11) is 0. The first-order valence-electron chi connectivity index (χ1n) is 4.73. The van der Waals surface area contributed by atoms with Gasteiger partial charge in [0, 0.05) is 24.9 Å². The first kappa shape index (κ1) is 8.97. The number of rotatable bonds is 2. The van der Waals surface area contributed by atoms with Gasteiger partial charge in [0.2, 0.25) is 0 Å². The molecule has 4 nitrogen and oxygen atoms in total. The molecule has 2 fully saturated rings. The maximum Gasteiger partial charge on any atom is 0.320 e. The highest BCUT2D eigenvalue weighted by Gasteiger charge is 2.39. The number of ether oxygens (including phenoxy) is 1. The molecule has 0 aromatic rings. The predicted octanol–water partition coefficient (Wildman–Crippen LogP) is 0.0377. The number of fused-ring (bicyclic) bond motifs is 1. The summed E-state index contributed by atoms with van der Waals surface area (Å²) in [5, 5.41) is 8.83. The van der Waals surface area contributed by atoms with Gasteiger partial charge in [0.15, 0.2) is 0 Å². The number of aliphatic carboxylic acids is 1. The molecule has 0 spiro atoms. The zero-order valence-corrected chi connectivity index (χ0v) is 7.77. The smallest absolute Gasteiger partial charge is 0.320 e. The SMILES string of the molecule is C[C@@H](C(=O)O)N1C[C@H]2COC[C@H]2C1. The van der Waals surface area contributed by atoms with Crippen molar-refractivity contribution in [2.45, 2.75) is 13.0 Å². The van der Waals surface area contributed by atoms with Gasteiger partial charge >= 0.3 is 5.97 Å². The van der Waals surface area contributed by atoms with Gasteiger partial charge in [0.1, 0.15) is 6.04 Å². The Morgan fingerprint density at radius 3 is 2.46 bits per heavy atom. The van der Waals surface area contributed by atoms with E-state index >= 15 is 0 Å². The Kier molecular flexibility index (Phi) is 2.26. The van der Waals surface area contributed by atoms with E-state index in [1.165, 1.54) is 0 Å². The van der Waals surface area contributed by atoms with Crippen molar-refractivity contribution >= 4 is 5.97 Å². The molecule has 13 heavy (non-hydrogen) atoms. The van der Waals surface area contributed by atoms with Gasteiger partial charge < -0.3 is 9.84 Å². The number of carbonyl (C=O) groups is 1. The van der Waals surface area contributed by atoms with Crippen LogP contribution in [0, 0.1) is 11.8 Å². The summed E-state index contributed by atoms with van der Waals surface area (Å²) < 4.78 is 5.33. The Balaban J connectivity index is 1.95. The molecule has 0 radical (unpaired) electrons. The lowest BCUT2D eigenvalue weighted by Gasteiger charge is -2.20. The summed E-state index contributed by atoms with van der Waals surface area (Å²) in [5.74, 6) is 0.421. The highest BCUT2D eigenvalue weighted by Crippen LogP contribution is 2.30. The first-order valence-corrected chi connectivity index (χ1v) is 4.73. The Morgan fingerprint density at radius 2 is 2.00 bits per heavy atom. The molecule has 0 bridgehead atoms. The van der Waals surface area contributed by atoms with E-state index in [0.717, 1.165) is 26.3 Å². The third kappa shape index (κ3) is 1.56. The number of likely N-dealkylation sites (tertiary alicyclic amines) is 1. The van der Waals surface area contributed by atoms with Crippen LogP contribution >= 0.6 is 0 Å².